The van der Waals surface area contributed by atoms with Crippen LogP contribution in [0.15, 0.2) is 18.3 Å². The first-order valence-electron chi connectivity index (χ1n) is 7.06. The molecule has 0 radical (unpaired) electrons. The van der Waals surface area contributed by atoms with Gasteiger partial charge in [0, 0.05) is 17.3 Å². The lowest BCUT2D eigenvalue weighted by Gasteiger charge is -2.58. The average Bonchev–Trinajstić information content (AvgIpc) is 2.79. The van der Waals surface area contributed by atoms with Gasteiger partial charge in [-0.15, -0.1) is 0 Å². The van der Waals surface area contributed by atoms with E-state index in [-0.39, 0.29) is 11.5 Å². The lowest BCUT2D eigenvalue weighted by molar-refractivity contribution is -0.123. The first-order chi connectivity index (χ1) is 8.25. The van der Waals surface area contributed by atoms with E-state index in [1.54, 1.807) is 0 Å². The fourth-order valence-corrected chi connectivity index (χ4v) is 5.36. The molecular weight excluding hydrogens is 210 g/mol. The second-order valence-corrected chi connectivity index (χ2v) is 6.81. The third-order valence-electron chi connectivity index (χ3n) is 5.58. The summed E-state index contributed by atoms with van der Waals surface area (Å²) in [5, 5.41) is 10.7. The first kappa shape index (κ1) is 10.2. The van der Waals surface area contributed by atoms with Gasteiger partial charge in [0.15, 0.2) is 0 Å². The molecule has 0 aliphatic heterocycles. The van der Waals surface area contributed by atoms with E-state index in [4.69, 9.17) is 0 Å². The van der Waals surface area contributed by atoms with E-state index in [9.17, 15) is 5.11 Å². The molecule has 1 atom stereocenters. The molecule has 1 unspecified atom stereocenters. The van der Waals surface area contributed by atoms with Crippen molar-refractivity contribution in [2.75, 3.05) is 0 Å². The Morgan fingerprint density at radius 3 is 2.18 bits per heavy atom. The molecule has 5 rings (SSSR count). The fourth-order valence-electron chi connectivity index (χ4n) is 5.36. The van der Waals surface area contributed by atoms with Crippen LogP contribution in [-0.4, -0.2) is 10.1 Å². The molecule has 0 spiro atoms. The zero-order valence-electron chi connectivity index (χ0n) is 10.2. The number of rotatable bonds is 2. The largest absolute Gasteiger partial charge is 0.386 e. The van der Waals surface area contributed by atoms with Gasteiger partial charge in [-0.1, -0.05) is 0 Å². The predicted molar refractivity (Wildman–Crippen MR) is 66.4 cm³/mol. The van der Waals surface area contributed by atoms with E-state index in [0.29, 0.717) is 0 Å². The summed E-state index contributed by atoms with van der Waals surface area (Å²) >= 11 is 0. The maximum atomic E-state index is 10.7. The highest BCUT2D eigenvalue weighted by atomic mass is 16.3. The Labute approximate surface area is 102 Å². The predicted octanol–water partition coefficient (Wildman–Crippen LogP) is 3.26. The summed E-state index contributed by atoms with van der Waals surface area (Å²) in [7, 11) is 0. The van der Waals surface area contributed by atoms with Gasteiger partial charge < -0.3 is 10.1 Å². The van der Waals surface area contributed by atoms with E-state index in [1.165, 1.54) is 38.5 Å². The molecule has 1 heterocycles. The minimum Gasteiger partial charge on any atom is -0.386 e. The van der Waals surface area contributed by atoms with Gasteiger partial charge in [0.05, 0.1) is 6.10 Å². The number of aliphatic hydroxyl groups is 1. The normalized spacial score (nSPS) is 45.1. The van der Waals surface area contributed by atoms with Crippen LogP contribution in [0.2, 0.25) is 0 Å². The Bertz CT molecular complexity index is 373. The summed E-state index contributed by atoms with van der Waals surface area (Å²) in [5.41, 5.74) is 1.24. The van der Waals surface area contributed by atoms with Gasteiger partial charge in [0.1, 0.15) is 0 Å². The molecule has 2 nitrogen and oxygen atoms in total. The van der Waals surface area contributed by atoms with E-state index in [2.05, 4.69) is 4.98 Å². The van der Waals surface area contributed by atoms with Gasteiger partial charge >= 0.3 is 0 Å². The molecule has 0 saturated heterocycles. The van der Waals surface area contributed by atoms with Crippen molar-refractivity contribution >= 4 is 0 Å². The Morgan fingerprint density at radius 2 is 1.71 bits per heavy atom. The third-order valence-corrected chi connectivity index (χ3v) is 5.58. The van der Waals surface area contributed by atoms with Gasteiger partial charge in [-0.3, -0.25) is 0 Å². The number of aliphatic hydroxyl groups excluding tert-OH is 1. The molecule has 92 valence electrons. The molecule has 2 N–H and O–H groups in total. The average molecular weight is 231 g/mol. The van der Waals surface area contributed by atoms with Crippen molar-refractivity contribution in [2.24, 2.45) is 23.2 Å². The summed E-state index contributed by atoms with van der Waals surface area (Å²) in [6.45, 7) is 0. The molecule has 4 fully saturated rings. The van der Waals surface area contributed by atoms with E-state index >= 15 is 0 Å². The Morgan fingerprint density at radius 1 is 1.12 bits per heavy atom. The second kappa shape index (κ2) is 3.38. The number of hydrogen-bond donors (Lipinski definition) is 2. The van der Waals surface area contributed by atoms with Crippen molar-refractivity contribution in [3.05, 3.63) is 24.0 Å². The maximum Gasteiger partial charge on any atom is 0.0993 e. The number of aromatic amines is 1. The van der Waals surface area contributed by atoms with Crippen LogP contribution < -0.4 is 0 Å². The van der Waals surface area contributed by atoms with Gasteiger partial charge in [-0.2, -0.15) is 0 Å². The summed E-state index contributed by atoms with van der Waals surface area (Å²) in [4.78, 5) is 3.21. The van der Waals surface area contributed by atoms with E-state index in [0.717, 1.165) is 23.4 Å². The summed E-state index contributed by atoms with van der Waals surface area (Å²) in [5.74, 6) is 2.72. The monoisotopic (exact) mass is 231 g/mol. The van der Waals surface area contributed by atoms with Crippen molar-refractivity contribution < 1.29 is 5.11 Å². The van der Waals surface area contributed by atoms with Crippen LogP contribution >= 0.6 is 0 Å². The number of nitrogens with one attached hydrogen (secondary N) is 1. The van der Waals surface area contributed by atoms with Crippen molar-refractivity contribution in [1.82, 2.24) is 4.98 Å². The summed E-state index contributed by atoms with van der Waals surface area (Å²) in [6.07, 6.45) is 9.78. The Balaban J connectivity index is 1.68. The van der Waals surface area contributed by atoms with Crippen molar-refractivity contribution in [2.45, 2.75) is 44.6 Å². The maximum absolute atomic E-state index is 10.7. The van der Waals surface area contributed by atoms with Crippen LogP contribution in [0.3, 0.4) is 0 Å². The van der Waals surface area contributed by atoms with Gasteiger partial charge in [0.25, 0.3) is 0 Å². The molecular formula is C15H21NO. The minimum absolute atomic E-state index is 0.208. The van der Waals surface area contributed by atoms with Crippen molar-refractivity contribution in [3.63, 3.8) is 0 Å². The van der Waals surface area contributed by atoms with Crippen LogP contribution in [0.25, 0.3) is 0 Å². The van der Waals surface area contributed by atoms with E-state index < -0.39 is 0 Å². The summed E-state index contributed by atoms with van der Waals surface area (Å²) in [6, 6.07) is 4.04. The molecule has 17 heavy (non-hydrogen) atoms. The van der Waals surface area contributed by atoms with Gasteiger partial charge in [-0.05, 0) is 68.4 Å². The zero-order valence-corrected chi connectivity index (χ0v) is 10.2. The molecule has 2 heteroatoms. The molecule has 1 aromatic rings. The SMILES string of the molecule is OC(c1ccc[nH]1)C12CC3CC(CC(C3)C1)C2. The Hall–Kier alpha value is -0.760. The lowest BCUT2D eigenvalue weighted by atomic mass is 9.48. The van der Waals surface area contributed by atoms with Gasteiger partial charge in [0.2, 0.25) is 0 Å². The van der Waals surface area contributed by atoms with Crippen molar-refractivity contribution in [1.29, 1.82) is 0 Å². The van der Waals surface area contributed by atoms with Gasteiger partial charge in [-0.25, -0.2) is 0 Å². The highest BCUT2D eigenvalue weighted by Crippen LogP contribution is 2.63. The highest BCUT2D eigenvalue weighted by molar-refractivity contribution is 5.15. The highest BCUT2D eigenvalue weighted by Gasteiger charge is 2.54. The Kier molecular flexibility index (Phi) is 2.03. The fraction of sp³-hybridized carbons (Fsp3) is 0.733. The van der Waals surface area contributed by atoms with Crippen LogP contribution in [0.5, 0.6) is 0 Å². The first-order valence-corrected chi connectivity index (χ1v) is 7.06. The molecule has 0 amide bonds. The minimum atomic E-state index is -0.258. The third kappa shape index (κ3) is 1.43. The smallest absolute Gasteiger partial charge is 0.0993 e. The molecule has 4 aliphatic rings. The van der Waals surface area contributed by atoms with Crippen molar-refractivity contribution in [3.8, 4) is 0 Å². The van der Waals surface area contributed by atoms with Crippen LogP contribution in [0.4, 0.5) is 0 Å². The number of aromatic nitrogens is 1. The van der Waals surface area contributed by atoms with Crippen LogP contribution in [-0.2, 0) is 0 Å². The second-order valence-electron chi connectivity index (χ2n) is 6.81. The van der Waals surface area contributed by atoms with Crippen LogP contribution in [0, 0.1) is 23.2 Å². The van der Waals surface area contributed by atoms with E-state index in [1.807, 2.05) is 18.3 Å². The zero-order chi connectivity index (χ0) is 11.5. The molecule has 1 aromatic heterocycles. The lowest BCUT2D eigenvalue weighted by Crippen LogP contribution is -2.48. The molecule has 4 aliphatic carbocycles. The number of hydrogen-bond acceptors (Lipinski definition) is 1. The number of H-pyrrole nitrogens is 1. The standard InChI is InChI=1S/C15H21NO/c17-14(13-2-1-3-16-13)15-7-10-4-11(8-15)6-12(5-10)9-15/h1-3,10-12,14,16-17H,4-9H2. The topological polar surface area (TPSA) is 36.0 Å². The molecule has 4 saturated carbocycles. The van der Waals surface area contributed by atoms with Crippen LogP contribution in [0.1, 0.15) is 50.3 Å². The molecule has 4 bridgehead atoms. The quantitative estimate of drug-likeness (QED) is 0.805. The molecule has 0 aromatic carbocycles. The summed E-state index contributed by atoms with van der Waals surface area (Å²) < 4.78 is 0.